The second-order valence-corrected chi connectivity index (χ2v) is 4.37. The highest BCUT2D eigenvalue weighted by Crippen LogP contribution is 2.40. The summed E-state index contributed by atoms with van der Waals surface area (Å²) in [5.74, 6) is 0.447. The van der Waals surface area contributed by atoms with E-state index < -0.39 is 5.41 Å². The largest absolute Gasteiger partial charge is 0.512 e. The van der Waals surface area contributed by atoms with E-state index in [4.69, 9.17) is 0 Å². The summed E-state index contributed by atoms with van der Waals surface area (Å²) in [6.45, 7) is 2.00. The third kappa shape index (κ3) is 2.01. The molecule has 0 saturated heterocycles. The molecule has 2 rings (SSSR count). The van der Waals surface area contributed by atoms with Crippen molar-refractivity contribution in [3.63, 3.8) is 0 Å². The van der Waals surface area contributed by atoms with E-state index >= 15 is 0 Å². The number of aliphatic hydroxyl groups is 1. The van der Waals surface area contributed by atoms with E-state index in [1.807, 2.05) is 6.92 Å². The normalized spacial score (nSPS) is 24.5. The Morgan fingerprint density at radius 2 is 2.35 bits per heavy atom. The first-order valence-corrected chi connectivity index (χ1v) is 5.79. The number of allylic oxidation sites excluding steroid dienone is 2. The number of nitrogens with zero attached hydrogens (tertiary/aromatic N) is 3. The fraction of sp³-hybridized carbons (Fsp3) is 0.462. The minimum absolute atomic E-state index is 0.447. The molecule has 0 saturated carbocycles. The topological polar surface area (TPSA) is 69.8 Å². The molecule has 1 N–H and O–H groups in total. The van der Waals surface area contributed by atoms with Crippen LogP contribution in [0.25, 0.3) is 0 Å². The number of nitriles is 1. The van der Waals surface area contributed by atoms with Gasteiger partial charge in [0.2, 0.25) is 0 Å². The zero-order valence-electron chi connectivity index (χ0n) is 9.85. The summed E-state index contributed by atoms with van der Waals surface area (Å²) in [6, 6.07) is 2.37. The van der Waals surface area contributed by atoms with Crippen molar-refractivity contribution in [2.45, 2.75) is 38.0 Å². The maximum atomic E-state index is 9.78. The number of hydrogen-bond donors (Lipinski definition) is 1. The molecule has 1 atom stereocenters. The maximum Gasteiger partial charge on any atom is 0.105 e. The van der Waals surface area contributed by atoms with Gasteiger partial charge < -0.3 is 5.11 Å². The SMILES string of the molecule is CCC1=C(O)CCC(C#N)(c2cnccn2)C1. The van der Waals surface area contributed by atoms with Gasteiger partial charge in [-0.1, -0.05) is 6.92 Å². The van der Waals surface area contributed by atoms with E-state index in [9.17, 15) is 10.4 Å². The van der Waals surface area contributed by atoms with Gasteiger partial charge in [-0.3, -0.25) is 9.97 Å². The van der Waals surface area contributed by atoms with Crippen molar-refractivity contribution >= 4 is 0 Å². The third-order valence-corrected chi connectivity index (χ3v) is 3.41. The molecule has 17 heavy (non-hydrogen) atoms. The van der Waals surface area contributed by atoms with E-state index in [-0.39, 0.29) is 0 Å². The van der Waals surface area contributed by atoms with Gasteiger partial charge in [-0.05, 0) is 24.8 Å². The molecule has 0 aromatic carbocycles. The van der Waals surface area contributed by atoms with E-state index in [2.05, 4.69) is 16.0 Å². The average molecular weight is 229 g/mol. The van der Waals surface area contributed by atoms with Gasteiger partial charge in [0.1, 0.15) is 5.41 Å². The molecule has 1 heterocycles. The number of aliphatic hydroxyl groups excluding tert-OH is 1. The molecule has 1 unspecified atom stereocenters. The summed E-state index contributed by atoms with van der Waals surface area (Å²) < 4.78 is 0. The molecular formula is C13H15N3O. The van der Waals surface area contributed by atoms with Gasteiger partial charge in [0.25, 0.3) is 0 Å². The summed E-state index contributed by atoms with van der Waals surface area (Å²) in [7, 11) is 0. The van der Waals surface area contributed by atoms with Crippen molar-refractivity contribution < 1.29 is 5.11 Å². The van der Waals surface area contributed by atoms with Crippen LogP contribution < -0.4 is 0 Å². The monoisotopic (exact) mass is 229 g/mol. The minimum Gasteiger partial charge on any atom is -0.512 e. The Hall–Kier alpha value is -1.89. The molecule has 1 aliphatic rings. The lowest BCUT2D eigenvalue weighted by Gasteiger charge is -2.31. The van der Waals surface area contributed by atoms with Gasteiger partial charge in [0, 0.05) is 18.8 Å². The first kappa shape index (κ1) is 11.6. The van der Waals surface area contributed by atoms with Crippen molar-refractivity contribution in [1.82, 2.24) is 9.97 Å². The van der Waals surface area contributed by atoms with Crippen molar-refractivity contribution in [3.8, 4) is 6.07 Å². The highest BCUT2D eigenvalue weighted by Gasteiger charge is 2.38. The number of aromatic nitrogens is 2. The van der Waals surface area contributed by atoms with Crippen molar-refractivity contribution in [1.29, 1.82) is 5.26 Å². The summed E-state index contributed by atoms with van der Waals surface area (Å²) in [6.07, 6.45) is 7.35. The van der Waals surface area contributed by atoms with Crippen LogP contribution in [0.15, 0.2) is 29.9 Å². The Morgan fingerprint density at radius 1 is 1.53 bits per heavy atom. The Kier molecular flexibility index (Phi) is 3.10. The lowest BCUT2D eigenvalue weighted by atomic mass is 9.72. The second kappa shape index (κ2) is 4.54. The third-order valence-electron chi connectivity index (χ3n) is 3.41. The Labute approximate surface area is 101 Å². The molecule has 0 aliphatic heterocycles. The average Bonchev–Trinajstić information content (AvgIpc) is 2.41. The van der Waals surface area contributed by atoms with Crippen LogP contribution in [0.2, 0.25) is 0 Å². The smallest absolute Gasteiger partial charge is 0.105 e. The zero-order chi connectivity index (χ0) is 12.3. The molecule has 1 aromatic heterocycles. The van der Waals surface area contributed by atoms with Crippen LogP contribution in [0.4, 0.5) is 0 Å². The molecular weight excluding hydrogens is 214 g/mol. The van der Waals surface area contributed by atoms with Gasteiger partial charge in [0.15, 0.2) is 0 Å². The maximum absolute atomic E-state index is 9.78. The Morgan fingerprint density at radius 3 is 2.94 bits per heavy atom. The van der Waals surface area contributed by atoms with Crippen molar-refractivity contribution in [2.24, 2.45) is 0 Å². The lowest BCUT2D eigenvalue weighted by molar-refractivity contribution is 0.319. The van der Waals surface area contributed by atoms with Gasteiger partial charge in [-0.25, -0.2) is 0 Å². The van der Waals surface area contributed by atoms with Crippen LogP contribution in [-0.2, 0) is 5.41 Å². The number of hydrogen-bond acceptors (Lipinski definition) is 4. The van der Waals surface area contributed by atoms with Crippen molar-refractivity contribution in [2.75, 3.05) is 0 Å². The molecule has 1 aromatic rings. The second-order valence-electron chi connectivity index (χ2n) is 4.37. The fourth-order valence-corrected chi connectivity index (χ4v) is 2.31. The van der Waals surface area contributed by atoms with Gasteiger partial charge in [0.05, 0.1) is 23.7 Å². The van der Waals surface area contributed by atoms with E-state index in [1.54, 1.807) is 18.6 Å². The molecule has 0 amide bonds. The molecule has 0 bridgehead atoms. The fourth-order valence-electron chi connectivity index (χ4n) is 2.31. The van der Waals surface area contributed by atoms with Gasteiger partial charge in [-0.15, -0.1) is 0 Å². The van der Waals surface area contributed by atoms with E-state index in [1.165, 1.54) is 0 Å². The van der Waals surface area contributed by atoms with E-state index in [0.717, 1.165) is 12.0 Å². The standard InChI is InChI=1S/C13H15N3O/c1-2-10-7-13(9-14,4-3-11(10)17)12-8-15-5-6-16-12/h5-6,8,17H,2-4,7H2,1H3. The first-order chi connectivity index (χ1) is 8.22. The lowest BCUT2D eigenvalue weighted by Crippen LogP contribution is -2.30. The summed E-state index contributed by atoms with van der Waals surface area (Å²) in [4.78, 5) is 8.28. The molecule has 88 valence electrons. The molecule has 0 fully saturated rings. The van der Waals surface area contributed by atoms with Crippen LogP contribution in [0.1, 0.15) is 38.3 Å². The predicted octanol–water partition coefficient (Wildman–Crippen LogP) is 2.64. The van der Waals surface area contributed by atoms with Crippen LogP contribution >= 0.6 is 0 Å². The highest BCUT2D eigenvalue weighted by molar-refractivity contribution is 5.32. The van der Waals surface area contributed by atoms with Crippen LogP contribution in [0.5, 0.6) is 0 Å². The Bertz CT molecular complexity index is 475. The number of rotatable bonds is 2. The highest BCUT2D eigenvalue weighted by atomic mass is 16.3. The molecule has 0 spiro atoms. The van der Waals surface area contributed by atoms with Crippen LogP contribution in [0.3, 0.4) is 0 Å². The summed E-state index contributed by atoms with van der Waals surface area (Å²) in [5.41, 5.74) is 1.05. The summed E-state index contributed by atoms with van der Waals surface area (Å²) >= 11 is 0. The first-order valence-electron chi connectivity index (χ1n) is 5.79. The molecule has 4 heteroatoms. The predicted molar refractivity (Wildman–Crippen MR) is 63.1 cm³/mol. The zero-order valence-corrected chi connectivity index (χ0v) is 9.85. The van der Waals surface area contributed by atoms with Crippen molar-refractivity contribution in [3.05, 3.63) is 35.6 Å². The quantitative estimate of drug-likeness (QED) is 0.846. The van der Waals surface area contributed by atoms with Crippen LogP contribution in [0, 0.1) is 11.3 Å². The van der Waals surface area contributed by atoms with E-state index in [0.29, 0.717) is 30.7 Å². The molecule has 1 aliphatic carbocycles. The molecule has 0 radical (unpaired) electrons. The van der Waals surface area contributed by atoms with Gasteiger partial charge in [-0.2, -0.15) is 5.26 Å². The summed E-state index contributed by atoms with van der Waals surface area (Å²) in [5, 5.41) is 19.3. The van der Waals surface area contributed by atoms with Gasteiger partial charge >= 0.3 is 0 Å². The minimum atomic E-state index is -0.619. The Balaban J connectivity index is 2.40. The molecule has 4 nitrogen and oxygen atoms in total. The van der Waals surface area contributed by atoms with Crippen LogP contribution in [-0.4, -0.2) is 15.1 Å².